The number of nitrogens with zero attached hydrogens (tertiary/aromatic N) is 1. The van der Waals surface area contributed by atoms with Gasteiger partial charge in [-0.2, -0.15) is 13.2 Å². The second-order valence-electron chi connectivity index (χ2n) is 4.96. The summed E-state index contributed by atoms with van der Waals surface area (Å²) in [5, 5.41) is 3.28. The molecular weight excluding hydrogens is 281 g/mol. The summed E-state index contributed by atoms with van der Waals surface area (Å²) in [6.45, 7) is 4.65. The van der Waals surface area contributed by atoms with Crippen molar-refractivity contribution in [3.05, 3.63) is 23.8 Å². The topological polar surface area (TPSA) is 24.5 Å². The lowest BCUT2D eigenvalue weighted by molar-refractivity contribution is -0.132. The van der Waals surface area contributed by atoms with Crippen LogP contribution in [0, 0.1) is 0 Å². The minimum atomic E-state index is -4.15. The number of nitrogens with one attached hydrogen (secondary N) is 1. The number of hydrogen-bond acceptors (Lipinski definition) is 3. The number of rotatable bonds is 7. The van der Waals surface area contributed by atoms with E-state index in [9.17, 15) is 13.2 Å². The second-order valence-corrected chi connectivity index (χ2v) is 4.96. The van der Waals surface area contributed by atoms with Crippen LogP contribution >= 0.6 is 0 Å². The normalized spacial score (nSPS) is 13.1. The van der Waals surface area contributed by atoms with Crippen LogP contribution in [0.2, 0.25) is 0 Å². The van der Waals surface area contributed by atoms with Gasteiger partial charge in [-0.05, 0) is 25.6 Å². The Morgan fingerprint density at radius 1 is 1.33 bits per heavy atom. The van der Waals surface area contributed by atoms with E-state index in [4.69, 9.17) is 4.74 Å². The fourth-order valence-electron chi connectivity index (χ4n) is 2.30. The zero-order chi connectivity index (χ0) is 16.0. The molecule has 1 rings (SSSR count). The Morgan fingerprint density at radius 3 is 2.52 bits per heavy atom. The van der Waals surface area contributed by atoms with Gasteiger partial charge < -0.3 is 15.0 Å². The van der Waals surface area contributed by atoms with E-state index in [2.05, 4.69) is 5.32 Å². The van der Waals surface area contributed by atoms with Gasteiger partial charge in [0, 0.05) is 30.9 Å². The maximum absolute atomic E-state index is 12.4. The molecule has 21 heavy (non-hydrogen) atoms. The van der Waals surface area contributed by atoms with Crippen molar-refractivity contribution in [1.29, 1.82) is 0 Å². The summed E-state index contributed by atoms with van der Waals surface area (Å²) >= 11 is 0. The van der Waals surface area contributed by atoms with E-state index in [1.807, 2.05) is 26.0 Å². The molecule has 0 aromatic heterocycles. The SMILES string of the molecule is CCNC(C)c1c(OC)cccc1N(C)CCC(F)(F)F. The van der Waals surface area contributed by atoms with Crippen LogP contribution in [-0.2, 0) is 0 Å². The lowest BCUT2D eigenvalue weighted by atomic mass is 10.0. The summed E-state index contributed by atoms with van der Waals surface area (Å²) in [6, 6.07) is 5.43. The molecule has 0 radical (unpaired) electrons. The Kier molecular flexibility index (Phi) is 6.33. The molecule has 0 aliphatic rings. The molecule has 1 unspecified atom stereocenters. The van der Waals surface area contributed by atoms with Gasteiger partial charge in [0.05, 0.1) is 13.5 Å². The standard InChI is InChI=1S/C15H23F3N2O/c1-5-19-11(2)14-12(7-6-8-13(14)21-4)20(3)10-9-15(16,17)18/h6-8,11,19H,5,9-10H2,1-4H3. The lowest BCUT2D eigenvalue weighted by Gasteiger charge is -2.27. The summed E-state index contributed by atoms with van der Waals surface area (Å²) in [4.78, 5) is 1.62. The van der Waals surface area contributed by atoms with Crippen LogP contribution in [-0.4, -0.2) is 33.4 Å². The summed E-state index contributed by atoms with van der Waals surface area (Å²) in [7, 11) is 3.24. The first-order valence-corrected chi connectivity index (χ1v) is 6.98. The van der Waals surface area contributed by atoms with Gasteiger partial charge in [0.1, 0.15) is 5.75 Å². The molecule has 1 aromatic carbocycles. The third-order valence-electron chi connectivity index (χ3n) is 3.35. The average Bonchev–Trinajstić information content (AvgIpc) is 2.43. The van der Waals surface area contributed by atoms with Crippen LogP contribution in [0.5, 0.6) is 5.75 Å². The summed E-state index contributed by atoms with van der Waals surface area (Å²) < 4.78 is 42.5. The van der Waals surface area contributed by atoms with E-state index in [1.165, 1.54) is 0 Å². The zero-order valence-corrected chi connectivity index (χ0v) is 12.9. The first-order valence-electron chi connectivity index (χ1n) is 6.98. The van der Waals surface area contributed by atoms with Crippen molar-refractivity contribution >= 4 is 5.69 Å². The number of halogens is 3. The van der Waals surface area contributed by atoms with E-state index < -0.39 is 12.6 Å². The van der Waals surface area contributed by atoms with Crippen molar-refractivity contribution in [3.63, 3.8) is 0 Å². The van der Waals surface area contributed by atoms with Crippen molar-refractivity contribution in [2.24, 2.45) is 0 Å². The molecule has 1 aromatic rings. The van der Waals surface area contributed by atoms with Gasteiger partial charge in [0.25, 0.3) is 0 Å². The Hall–Kier alpha value is -1.43. The second kappa shape index (κ2) is 7.54. The molecule has 1 N–H and O–H groups in total. The molecule has 0 bridgehead atoms. The molecule has 0 saturated carbocycles. The molecule has 3 nitrogen and oxygen atoms in total. The van der Waals surface area contributed by atoms with Crippen molar-refractivity contribution < 1.29 is 17.9 Å². The lowest BCUT2D eigenvalue weighted by Crippen LogP contribution is -2.27. The third-order valence-corrected chi connectivity index (χ3v) is 3.35. The highest BCUT2D eigenvalue weighted by Gasteiger charge is 2.28. The minimum absolute atomic E-state index is 0.00510. The van der Waals surface area contributed by atoms with Gasteiger partial charge in [0.2, 0.25) is 0 Å². The number of alkyl halides is 3. The van der Waals surface area contributed by atoms with Crippen LogP contribution in [0.15, 0.2) is 18.2 Å². The summed E-state index contributed by atoms with van der Waals surface area (Å²) in [5.41, 5.74) is 1.64. The first kappa shape index (κ1) is 17.6. The first-order chi connectivity index (χ1) is 9.80. The molecule has 0 spiro atoms. The summed E-state index contributed by atoms with van der Waals surface area (Å²) in [5.74, 6) is 0.680. The van der Waals surface area contributed by atoms with Gasteiger partial charge in [-0.1, -0.05) is 13.0 Å². The van der Waals surface area contributed by atoms with Crippen LogP contribution in [0.25, 0.3) is 0 Å². The van der Waals surface area contributed by atoms with Crippen LogP contribution in [0.3, 0.4) is 0 Å². The highest BCUT2D eigenvalue weighted by molar-refractivity contribution is 5.60. The molecule has 0 aliphatic carbocycles. The van der Waals surface area contributed by atoms with Gasteiger partial charge in [0.15, 0.2) is 0 Å². The Morgan fingerprint density at radius 2 is 2.00 bits per heavy atom. The molecule has 0 saturated heterocycles. The minimum Gasteiger partial charge on any atom is -0.496 e. The Bertz CT molecular complexity index is 449. The highest BCUT2D eigenvalue weighted by Crippen LogP contribution is 2.34. The third kappa shape index (κ3) is 5.12. The number of anilines is 1. The largest absolute Gasteiger partial charge is 0.496 e. The highest BCUT2D eigenvalue weighted by atomic mass is 19.4. The van der Waals surface area contributed by atoms with E-state index in [0.29, 0.717) is 5.75 Å². The number of methoxy groups -OCH3 is 1. The van der Waals surface area contributed by atoms with Crippen LogP contribution in [0.1, 0.15) is 31.9 Å². The van der Waals surface area contributed by atoms with Crippen molar-refractivity contribution in [2.75, 3.05) is 32.1 Å². The predicted octanol–water partition coefficient (Wildman–Crippen LogP) is 3.75. The molecule has 6 heteroatoms. The Labute approximate surface area is 124 Å². The van der Waals surface area contributed by atoms with E-state index in [-0.39, 0.29) is 12.6 Å². The van der Waals surface area contributed by atoms with Crippen molar-refractivity contribution in [3.8, 4) is 5.75 Å². The molecule has 0 amide bonds. The van der Waals surface area contributed by atoms with Gasteiger partial charge in [-0.3, -0.25) is 0 Å². The molecule has 1 atom stereocenters. The number of benzene rings is 1. The van der Waals surface area contributed by atoms with Crippen LogP contribution in [0.4, 0.5) is 18.9 Å². The fourth-order valence-corrected chi connectivity index (χ4v) is 2.30. The smallest absolute Gasteiger partial charge is 0.390 e. The van der Waals surface area contributed by atoms with Crippen molar-refractivity contribution in [1.82, 2.24) is 5.32 Å². The van der Waals surface area contributed by atoms with E-state index in [0.717, 1.165) is 17.8 Å². The predicted molar refractivity (Wildman–Crippen MR) is 79.0 cm³/mol. The Balaban J connectivity index is 3.04. The van der Waals surface area contributed by atoms with Gasteiger partial charge >= 0.3 is 6.18 Å². The fraction of sp³-hybridized carbons (Fsp3) is 0.600. The molecule has 0 heterocycles. The molecule has 0 aliphatic heterocycles. The van der Waals surface area contributed by atoms with E-state index in [1.54, 1.807) is 25.1 Å². The molecular formula is C15H23F3N2O. The molecule has 0 fully saturated rings. The average molecular weight is 304 g/mol. The summed E-state index contributed by atoms with van der Waals surface area (Å²) in [6.07, 6.45) is -4.99. The van der Waals surface area contributed by atoms with E-state index >= 15 is 0 Å². The van der Waals surface area contributed by atoms with Crippen LogP contribution < -0.4 is 15.0 Å². The maximum atomic E-state index is 12.4. The maximum Gasteiger partial charge on any atom is 0.390 e. The van der Waals surface area contributed by atoms with Crippen molar-refractivity contribution in [2.45, 2.75) is 32.5 Å². The zero-order valence-electron chi connectivity index (χ0n) is 12.9. The monoisotopic (exact) mass is 304 g/mol. The quantitative estimate of drug-likeness (QED) is 0.830. The molecule has 120 valence electrons. The number of ether oxygens (including phenoxy) is 1. The van der Waals surface area contributed by atoms with Gasteiger partial charge in [-0.25, -0.2) is 0 Å². The van der Waals surface area contributed by atoms with Gasteiger partial charge in [-0.15, -0.1) is 0 Å². The number of hydrogen-bond donors (Lipinski definition) is 1.